The van der Waals surface area contributed by atoms with E-state index in [1.54, 1.807) is 25.1 Å². The fourth-order valence-corrected chi connectivity index (χ4v) is 2.98. The minimum absolute atomic E-state index is 0.0847. The van der Waals surface area contributed by atoms with E-state index >= 15 is 0 Å². The molecule has 0 aliphatic heterocycles. The highest BCUT2D eigenvalue weighted by atomic mass is 79.9. The van der Waals surface area contributed by atoms with E-state index in [0.717, 1.165) is 10.0 Å². The molecule has 1 aromatic heterocycles. The molecule has 134 valence electrons. The third-order valence-corrected chi connectivity index (χ3v) is 4.23. The van der Waals surface area contributed by atoms with Gasteiger partial charge in [-0.25, -0.2) is 4.79 Å². The van der Waals surface area contributed by atoms with Crippen molar-refractivity contribution in [3.05, 3.63) is 63.2 Å². The first-order chi connectivity index (χ1) is 12.6. The molecule has 2 aromatic carbocycles. The molecular weight excluding hydrogens is 422 g/mol. The van der Waals surface area contributed by atoms with Crippen molar-refractivity contribution >= 4 is 33.5 Å². The zero-order chi connectivity index (χ0) is 18.5. The molecule has 0 bridgehead atoms. The minimum atomic E-state index is -0.561. The molecule has 1 N–H and O–H groups in total. The van der Waals surface area contributed by atoms with Gasteiger partial charge in [-0.05, 0) is 42.8 Å². The molecule has 0 saturated heterocycles. The SMILES string of the molecule is CCOC(=O)c1n[nH]nc1-c1cc(Cl)ccc1OCc1cccc(Br)c1. The highest BCUT2D eigenvalue weighted by molar-refractivity contribution is 9.10. The monoisotopic (exact) mass is 435 g/mol. The van der Waals surface area contributed by atoms with E-state index in [0.29, 0.717) is 28.6 Å². The lowest BCUT2D eigenvalue weighted by molar-refractivity contribution is 0.0520. The number of carbonyl (C=O) groups is 1. The van der Waals surface area contributed by atoms with E-state index in [1.807, 2.05) is 24.3 Å². The second-order valence-corrected chi connectivity index (χ2v) is 6.65. The van der Waals surface area contributed by atoms with Gasteiger partial charge in [-0.2, -0.15) is 10.3 Å². The number of aromatic nitrogens is 3. The molecule has 0 saturated carbocycles. The van der Waals surface area contributed by atoms with Crippen molar-refractivity contribution in [2.45, 2.75) is 13.5 Å². The highest BCUT2D eigenvalue weighted by Gasteiger charge is 2.22. The summed E-state index contributed by atoms with van der Waals surface area (Å²) in [4.78, 5) is 12.1. The molecule has 0 atom stereocenters. The van der Waals surface area contributed by atoms with Crippen LogP contribution in [0.4, 0.5) is 0 Å². The predicted octanol–water partition coefficient (Wildman–Crippen LogP) is 4.64. The van der Waals surface area contributed by atoms with Gasteiger partial charge >= 0.3 is 5.97 Å². The Kier molecular flexibility index (Phi) is 5.90. The smallest absolute Gasteiger partial charge is 0.361 e. The van der Waals surface area contributed by atoms with Crippen LogP contribution < -0.4 is 4.74 Å². The van der Waals surface area contributed by atoms with E-state index < -0.39 is 5.97 Å². The molecule has 0 spiro atoms. The Morgan fingerprint density at radius 2 is 2.08 bits per heavy atom. The summed E-state index contributed by atoms with van der Waals surface area (Å²) in [5.74, 6) is -0.0250. The van der Waals surface area contributed by atoms with E-state index in [-0.39, 0.29) is 12.3 Å². The Morgan fingerprint density at radius 3 is 2.85 bits per heavy atom. The Labute approximate surface area is 163 Å². The Hall–Kier alpha value is -2.38. The summed E-state index contributed by atoms with van der Waals surface area (Å²) in [6.45, 7) is 2.32. The Bertz CT molecular complexity index is 930. The molecule has 3 aromatic rings. The van der Waals surface area contributed by atoms with Gasteiger partial charge in [-0.3, -0.25) is 0 Å². The predicted molar refractivity (Wildman–Crippen MR) is 101 cm³/mol. The van der Waals surface area contributed by atoms with Gasteiger partial charge in [0.05, 0.1) is 6.61 Å². The number of nitrogens with zero attached hydrogens (tertiary/aromatic N) is 2. The average molecular weight is 437 g/mol. The van der Waals surface area contributed by atoms with Gasteiger partial charge in [0.15, 0.2) is 5.69 Å². The maximum atomic E-state index is 12.1. The third kappa shape index (κ3) is 4.23. The number of hydrogen-bond donors (Lipinski definition) is 1. The van der Waals surface area contributed by atoms with Crippen LogP contribution in [0, 0.1) is 0 Å². The van der Waals surface area contributed by atoms with Gasteiger partial charge in [-0.1, -0.05) is 39.7 Å². The molecule has 0 aliphatic carbocycles. The number of aromatic amines is 1. The zero-order valence-electron chi connectivity index (χ0n) is 13.8. The Morgan fingerprint density at radius 1 is 1.23 bits per heavy atom. The summed E-state index contributed by atoms with van der Waals surface area (Å²) >= 11 is 9.57. The van der Waals surface area contributed by atoms with Gasteiger partial charge in [0.1, 0.15) is 18.1 Å². The quantitative estimate of drug-likeness (QED) is 0.569. The normalized spacial score (nSPS) is 10.6. The first kappa shape index (κ1) is 18.4. The summed E-state index contributed by atoms with van der Waals surface area (Å²) in [7, 11) is 0. The van der Waals surface area contributed by atoms with Crippen LogP contribution in [-0.4, -0.2) is 28.0 Å². The van der Waals surface area contributed by atoms with Crippen molar-refractivity contribution in [3.8, 4) is 17.0 Å². The van der Waals surface area contributed by atoms with Crippen LogP contribution in [0.15, 0.2) is 46.9 Å². The number of esters is 1. The van der Waals surface area contributed by atoms with Crippen LogP contribution in [0.1, 0.15) is 23.0 Å². The lowest BCUT2D eigenvalue weighted by Gasteiger charge is -2.11. The average Bonchev–Trinajstić information content (AvgIpc) is 3.10. The number of carbonyl (C=O) groups excluding carboxylic acids is 1. The number of benzene rings is 2. The van der Waals surface area contributed by atoms with E-state index in [2.05, 4.69) is 31.3 Å². The molecule has 8 heteroatoms. The molecule has 3 rings (SSSR count). The summed E-state index contributed by atoms with van der Waals surface area (Å²) in [5, 5.41) is 10.9. The van der Waals surface area contributed by atoms with Crippen molar-refractivity contribution in [2.75, 3.05) is 6.61 Å². The molecule has 0 radical (unpaired) electrons. The van der Waals surface area contributed by atoms with Gasteiger partial charge in [0.25, 0.3) is 0 Å². The molecule has 6 nitrogen and oxygen atoms in total. The maximum absolute atomic E-state index is 12.1. The Balaban J connectivity index is 1.92. The maximum Gasteiger partial charge on any atom is 0.361 e. The number of nitrogens with one attached hydrogen (secondary N) is 1. The lowest BCUT2D eigenvalue weighted by Crippen LogP contribution is -2.07. The zero-order valence-corrected chi connectivity index (χ0v) is 16.2. The van der Waals surface area contributed by atoms with Gasteiger partial charge < -0.3 is 9.47 Å². The van der Waals surface area contributed by atoms with Gasteiger partial charge in [0, 0.05) is 15.1 Å². The van der Waals surface area contributed by atoms with E-state index in [9.17, 15) is 4.79 Å². The molecule has 1 heterocycles. The fraction of sp³-hybridized carbons (Fsp3) is 0.167. The molecule has 26 heavy (non-hydrogen) atoms. The first-order valence-corrected chi connectivity index (χ1v) is 9.00. The van der Waals surface area contributed by atoms with Crippen molar-refractivity contribution in [1.82, 2.24) is 15.4 Å². The second-order valence-electron chi connectivity index (χ2n) is 5.30. The highest BCUT2D eigenvalue weighted by Crippen LogP contribution is 2.33. The van der Waals surface area contributed by atoms with E-state index in [4.69, 9.17) is 21.1 Å². The standard InChI is InChI=1S/C18H15BrClN3O3/c1-2-25-18(24)17-16(21-23-22-17)14-9-13(20)6-7-15(14)26-10-11-4-3-5-12(19)8-11/h3-9H,2,10H2,1H3,(H,21,22,23). The van der Waals surface area contributed by atoms with Crippen LogP contribution in [-0.2, 0) is 11.3 Å². The van der Waals surface area contributed by atoms with Crippen molar-refractivity contribution < 1.29 is 14.3 Å². The van der Waals surface area contributed by atoms with Crippen LogP contribution in [0.25, 0.3) is 11.3 Å². The molecule has 0 unspecified atom stereocenters. The van der Waals surface area contributed by atoms with Gasteiger partial charge in [0.2, 0.25) is 0 Å². The molecule has 0 aliphatic rings. The van der Waals surface area contributed by atoms with E-state index in [1.165, 1.54) is 0 Å². The molecular formula is C18H15BrClN3O3. The number of ether oxygens (including phenoxy) is 2. The van der Waals surface area contributed by atoms with Crippen LogP contribution >= 0.6 is 27.5 Å². The van der Waals surface area contributed by atoms with Crippen molar-refractivity contribution in [2.24, 2.45) is 0 Å². The van der Waals surface area contributed by atoms with Gasteiger partial charge in [-0.15, -0.1) is 5.10 Å². The number of hydrogen-bond acceptors (Lipinski definition) is 5. The molecule has 0 amide bonds. The van der Waals surface area contributed by atoms with Crippen molar-refractivity contribution in [1.29, 1.82) is 0 Å². The molecule has 0 fully saturated rings. The summed E-state index contributed by atoms with van der Waals surface area (Å²) in [5.41, 5.74) is 1.96. The summed E-state index contributed by atoms with van der Waals surface area (Å²) < 4.78 is 11.9. The number of rotatable bonds is 6. The third-order valence-electron chi connectivity index (χ3n) is 3.50. The topological polar surface area (TPSA) is 77.1 Å². The minimum Gasteiger partial charge on any atom is -0.488 e. The van der Waals surface area contributed by atoms with Crippen LogP contribution in [0.2, 0.25) is 5.02 Å². The number of halogens is 2. The first-order valence-electron chi connectivity index (χ1n) is 7.83. The second kappa shape index (κ2) is 8.33. The largest absolute Gasteiger partial charge is 0.488 e. The fourth-order valence-electron chi connectivity index (χ4n) is 2.36. The number of H-pyrrole nitrogens is 1. The lowest BCUT2D eigenvalue weighted by atomic mass is 10.1. The summed E-state index contributed by atoms with van der Waals surface area (Å²) in [6, 6.07) is 12.9. The van der Waals surface area contributed by atoms with Crippen LogP contribution in [0.5, 0.6) is 5.75 Å². The van der Waals surface area contributed by atoms with Crippen LogP contribution in [0.3, 0.4) is 0 Å². The summed E-state index contributed by atoms with van der Waals surface area (Å²) in [6.07, 6.45) is 0. The van der Waals surface area contributed by atoms with Crippen molar-refractivity contribution in [3.63, 3.8) is 0 Å².